The molecule has 0 aliphatic rings. The predicted molar refractivity (Wildman–Crippen MR) is 299 cm³/mol. The quantitative estimate of drug-likeness (QED) is 0.149. The molecule has 77 heavy (non-hydrogen) atoms. The van der Waals surface area contributed by atoms with E-state index in [1.54, 1.807) is 43.3 Å². The van der Waals surface area contributed by atoms with E-state index in [0.717, 1.165) is 100 Å². The van der Waals surface area contributed by atoms with Gasteiger partial charge in [-0.3, -0.25) is 0 Å². The van der Waals surface area contributed by atoms with Crippen molar-refractivity contribution < 1.29 is 13.2 Å². The Kier molecular flexibility index (Phi) is 11.3. The Hall–Kier alpha value is -11.0. The summed E-state index contributed by atoms with van der Waals surface area (Å²) >= 11 is 0. The summed E-state index contributed by atoms with van der Waals surface area (Å²) in [5, 5.41) is 33.9. The van der Waals surface area contributed by atoms with Gasteiger partial charge < -0.3 is 9.13 Å². The normalized spacial score (nSPS) is 11.3. The van der Waals surface area contributed by atoms with Crippen LogP contribution in [0.5, 0.6) is 0 Å². The average molecular weight is 996 g/mol. The maximum absolute atomic E-state index is 14.7. The minimum absolute atomic E-state index is 0.117. The molecule has 0 fully saturated rings. The summed E-state index contributed by atoms with van der Waals surface area (Å²) in [6, 6.07) is 67.9. The Morgan fingerprint density at radius 2 is 0.766 bits per heavy atom. The van der Waals surface area contributed by atoms with Gasteiger partial charge in [0.25, 0.3) is 0 Å². The molecule has 12 aromatic rings. The van der Waals surface area contributed by atoms with Gasteiger partial charge in [-0.15, -0.1) is 0 Å². The highest BCUT2D eigenvalue weighted by molar-refractivity contribution is 6.15. The third-order valence-electron chi connectivity index (χ3n) is 14.4. The van der Waals surface area contributed by atoms with Gasteiger partial charge in [-0.2, -0.15) is 29.0 Å². The Balaban J connectivity index is 1.23. The van der Waals surface area contributed by atoms with Crippen molar-refractivity contribution in [1.29, 1.82) is 15.8 Å². The van der Waals surface area contributed by atoms with Crippen molar-refractivity contribution in [2.45, 2.75) is 13.1 Å². The van der Waals surface area contributed by atoms with E-state index in [2.05, 4.69) is 43.1 Å². The zero-order valence-electron chi connectivity index (χ0n) is 40.8. The van der Waals surface area contributed by atoms with E-state index in [4.69, 9.17) is 13.1 Å². The molecule has 0 N–H and O–H groups in total. The van der Waals surface area contributed by atoms with Gasteiger partial charge in [0.05, 0.1) is 87.0 Å². The maximum atomic E-state index is 14.7. The molecular weight excluding hydrogens is 960 g/mol. The van der Waals surface area contributed by atoms with Crippen LogP contribution in [0.15, 0.2) is 200 Å². The van der Waals surface area contributed by atoms with Crippen LogP contribution in [0.4, 0.5) is 24.5 Å². The summed E-state index contributed by atoms with van der Waals surface area (Å²) in [6.45, 7) is 18.3. The van der Waals surface area contributed by atoms with E-state index in [1.165, 1.54) is 0 Å². The van der Waals surface area contributed by atoms with Crippen molar-refractivity contribution in [3.05, 3.63) is 251 Å². The molecule has 7 nitrogen and oxygen atoms in total. The van der Waals surface area contributed by atoms with Crippen LogP contribution in [0.3, 0.4) is 0 Å². The van der Waals surface area contributed by atoms with Crippen molar-refractivity contribution in [1.82, 2.24) is 9.13 Å². The lowest BCUT2D eigenvalue weighted by Crippen LogP contribution is -2.06. The molecule has 0 spiro atoms. The van der Waals surface area contributed by atoms with Crippen LogP contribution in [-0.2, 0) is 6.18 Å². The van der Waals surface area contributed by atoms with E-state index >= 15 is 0 Å². The van der Waals surface area contributed by atoms with Gasteiger partial charge in [0, 0.05) is 21.5 Å². The van der Waals surface area contributed by atoms with E-state index in [1.807, 2.05) is 146 Å². The maximum Gasteiger partial charge on any atom is 0.416 e. The molecule has 0 saturated carbocycles. The smallest absolute Gasteiger partial charge is 0.308 e. The van der Waals surface area contributed by atoms with E-state index in [9.17, 15) is 29.0 Å². The van der Waals surface area contributed by atoms with Crippen LogP contribution >= 0.6 is 0 Å². The lowest BCUT2D eigenvalue weighted by Gasteiger charge is -2.20. The monoisotopic (exact) mass is 995 g/mol. The van der Waals surface area contributed by atoms with Gasteiger partial charge in [-0.25, -0.2) is 9.69 Å². The number of alkyl halides is 3. The van der Waals surface area contributed by atoms with Crippen LogP contribution in [0.25, 0.3) is 120 Å². The molecule has 360 valence electrons. The number of hydrogen-bond acceptors (Lipinski definition) is 3. The Morgan fingerprint density at radius 3 is 1.17 bits per heavy atom. The van der Waals surface area contributed by atoms with Crippen molar-refractivity contribution in [3.8, 4) is 85.2 Å². The number of benzene rings is 10. The van der Waals surface area contributed by atoms with Crippen LogP contribution in [0, 0.1) is 54.1 Å². The first-order chi connectivity index (χ1) is 37.5. The lowest BCUT2D eigenvalue weighted by atomic mass is 9.96. The summed E-state index contributed by atoms with van der Waals surface area (Å²) < 4.78 is 48.2. The number of nitriles is 3. The van der Waals surface area contributed by atoms with Gasteiger partial charge in [-0.05, 0) is 159 Å². The molecule has 0 aliphatic heterocycles. The van der Waals surface area contributed by atoms with Crippen molar-refractivity contribution in [2.75, 3.05) is 0 Å². The number of hydrogen-bond donors (Lipinski definition) is 0. The second kappa shape index (κ2) is 18.5. The number of aryl methyl sites for hydroxylation is 1. The molecule has 2 aromatic heterocycles. The second-order valence-electron chi connectivity index (χ2n) is 18.8. The second-order valence-corrected chi connectivity index (χ2v) is 18.8. The van der Waals surface area contributed by atoms with E-state index in [0.29, 0.717) is 39.3 Å². The minimum Gasteiger partial charge on any atom is -0.308 e. The number of fused-ring (bicyclic) bond motifs is 6. The summed E-state index contributed by atoms with van der Waals surface area (Å²) in [5.74, 6) is 0. The molecule has 10 heteroatoms. The largest absolute Gasteiger partial charge is 0.416 e. The van der Waals surface area contributed by atoms with Crippen LogP contribution in [0.2, 0.25) is 0 Å². The molecule has 0 unspecified atom stereocenters. The van der Waals surface area contributed by atoms with Crippen molar-refractivity contribution in [3.63, 3.8) is 0 Å². The van der Waals surface area contributed by atoms with Crippen LogP contribution in [0.1, 0.15) is 27.8 Å². The molecule has 0 saturated heterocycles. The number of nitrogens with zero attached hydrogens (tertiary/aromatic N) is 7. The summed E-state index contributed by atoms with van der Waals surface area (Å²) in [6.07, 6.45) is -4.66. The van der Waals surface area contributed by atoms with Crippen molar-refractivity contribution >= 4 is 55.0 Å². The highest BCUT2D eigenvalue weighted by Gasteiger charge is 2.32. The molecule has 2 heterocycles. The first kappa shape index (κ1) is 47.1. The molecule has 0 amide bonds. The predicted octanol–water partition coefficient (Wildman–Crippen LogP) is 18.3. The first-order valence-corrected chi connectivity index (χ1v) is 24.4. The topological polar surface area (TPSA) is 89.9 Å². The van der Waals surface area contributed by atoms with Gasteiger partial charge in [0.15, 0.2) is 11.4 Å². The fraction of sp³-hybridized carbons (Fsp3) is 0.0299. The standard InChI is InChI=1S/C67H36F3N7/c1-40-28-48(30-49(29-40)67(68,69)70)54-35-65(76-61-24-20-41(50-15-7-4-12-45(50)37-71)31-55(61)56-32-42(21-25-62(56)76)51-16-8-5-13-46(51)38-72)66(36-60(54)75-3)77-63-26-22-43(52-17-9-6-14-47(52)39-73)33-57(63)58-34-44(23-27-64(58)77)53-18-10-11-19-59(53)74-2/h4-36H,1H3. The third-order valence-corrected chi connectivity index (χ3v) is 14.4. The van der Waals surface area contributed by atoms with Gasteiger partial charge >= 0.3 is 6.18 Å². The van der Waals surface area contributed by atoms with Crippen LogP contribution < -0.4 is 0 Å². The zero-order chi connectivity index (χ0) is 53.1. The zero-order valence-corrected chi connectivity index (χ0v) is 40.8. The summed E-state index contributed by atoms with van der Waals surface area (Å²) in [4.78, 5) is 7.89. The van der Waals surface area contributed by atoms with Crippen molar-refractivity contribution in [2.24, 2.45) is 0 Å². The fourth-order valence-corrected chi connectivity index (χ4v) is 10.9. The minimum atomic E-state index is -4.66. The first-order valence-electron chi connectivity index (χ1n) is 24.4. The fourth-order valence-electron chi connectivity index (χ4n) is 10.9. The summed E-state index contributed by atoms with van der Waals surface area (Å²) in [7, 11) is 0. The Bertz CT molecular complexity index is 4480. The molecule has 0 atom stereocenters. The van der Waals surface area contributed by atoms with Gasteiger partial charge in [0.2, 0.25) is 0 Å². The highest BCUT2D eigenvalue weighted by atomic mass is 19.4. The van der Waals surface area contributed by atoms with E-state index in [-0.39, 0.29) is 16.8 Å². The van der Waals surface area contributed by atoms with Crippen LogP contribution in [-0.4, -0.2) is 9.13 Å². The molecule has 12 rings (SSSR count). The average Bonchev–Trinajstić information content (AvgIpc) is 4.14. The molecule has 10 aromatic carbocycles. The Morgan fingerprint density at radius 1 is 0.390 bits per heavy atom. The third kappa shape index (κ3) is 7.89. The number of halogens is 3. The number of para-hydroxylation sites is 1. The molecule has 0 aliphatic carbocycles. The van der Waals surface area contributed by atoms with Gasteiger partial charge in [0.1, 0.15) is 0 Å². The number of rotatable bonds is 7. The summed E-state index contributed by atoms with van der Waals surface area (Å²) in [5.41, 5.74) is 12.2. The Labute approximate surface area is 440 Å². The molecular formula is C67H36F3N7. The number of aromatic nitrogens is 2. The lowest BCUT2D eigenvalue weighted by molar-refractivity contribution is -0.137. The van der Waals surface area contributed by atoms with E-state index < -0.39 is 11.7 Å². The van der Waals surface area contributed by atoms with Gasteiger partial charge in [-0.1, -0.05) is 109 Å². The highest BCUT2D eigenvalue weighted by Crippen LogP contribution is 2.47. The molecule has 0 bridgehead atoms. The SMILES string of the molecule is [C-]#[N+]c1ccccc1-c1ccc2c(c1)c1cc(-c3ccccc3C#N)ccc1n2-c1cc([N+]#[C-])c(-c2cc(C)cc(C(F)(F)F)c2)cc1-n1c2ccc(-c3ccccc3C#N)cc2c2cc(-c3ccccc3C#N)ccc21. The molecule has 0 radical (unpaired) electrons.